The van der Waals surface area contributed by atoms with Gasteiger partial charge in [-0.15, -0.1) is 16.4 Å². The number of methoxy groups -OCH3 is 1. The van der Waals surface area contributed by atoms with Crippen molar-refractivity contribution in [3.8, 4) is 5.75 Å². The molecular weight excluding hydrogens is 422 g/mol. The highest BCUT2D eigenvalue weighted by Gasteiger charge is 2.32. The van der Waals surface area contributed by atoms with Crippen molar-refractivity contribution >= 4 is 11.3 Å². The van der Waals surface area contributed by atoms with E-state index in [1.54, 1.807) is 24.7 Å². The molecule has 1 unspecified atom stereocenters. The molecule has 5 rings (SSSR count). The van der Waals surface area contributed by atoms with E-state index in [1.165, 1.54) is 17.7 Å². The third-order valence-corrected chi connectivity index (χ3v) is 6.99. The number of benzene rings is 1. The van der Waals surface area contributed by atoms with Crippen molar-refractivity contribution in [1.29, 1.82) is 0 Å². The topological polar surface area (TPSA) is 69.2 Å². The van der Waals surface area contributed by atoms with Gasteiger partial charge in [-0.05, 0) is 64.5 Å². The summed E-state index contributed by atoms with van der Waals surface area (Å²) in [6, 6.07) is 16.7. The van der Waals surface area contributed by atoms with Gasteiger partial charge >= 0.3 is 0 Å². The molecule has 1 fully saturated rings. The molecule has 8 heteroatoms. The Morgan fingerprint density at radius 2 is 2.06 bits per heavy atom. The molecule has 32 heavy (non-hydrogen) atoms. The van der Waals surface area contributed by atoms with Gasteiger partial charge < -0.3 is 9.15 Å². The minimum atomic E-state index is -0.0816. The van der Waals surface area contributed by atoms with Gasteiger partial charge in [0, 0.05) is 11.4 Å². The molecule has 7 nitrogen and oxygen atoms in total. The van der Waals surface area contributed by atoms with E-state index < -0.39 is 0 Å². The zero-order valence-electron chi connectivity index (χ0n) is 18.1. The van der Waals surface area contributed by atoms with E-state index in [4.69, 9.17) is 9.15 Å². The zero-order valence-corrected chi connectivity index (χ0v) is 18.9. The molecule has 0 radical (unpaired) electrons. The van der Waals surface area contributed by atoms with E-state index in [-0.39, 0.29) is 6.04 Å². The predicted octanol–water partition coefficient (Wildman–Crippen LogP) is 5.24. The average molecular weight is 450 g/mol. The maximum Gasteiger partial charge on any atom is 0.174 e. The molecule has 1 aromatic carbocycles. The third-order valence-electron chi connectivity index (χ3n) is 6.07. The fourth-order valence-corrected chi connectivity index (χ4v) is 5.41. The van der Waals surface area contributed by atoms with E-state index in [2.05, 4.69) is 54.8 Å². The fraction of sp³-hybridized carbons (Fsp3) is 0.375. The molecule has 1 saturated carbocycles. The van der Waals surface area contributed by atoms with Gasteiger partial charge in [-0.25, -0.2) is 4.68 Å². The summed E-state index contributed by atoms with van der Waals surface area (Å²) < 4.78 is 13.3. The van der Waals surface area contributed by atoms with Crippen LogP contribution in [0.3, 0.4) is 0 Å². The Morgan fingerprint density at radius 3 is 2.81 bits per heavy atom. The number of hydrogen-bond acceptors (Lipinski definition) is 7. The van der Waals surface area contributed by atoms with E-state index in [0.717, 1.165) is 35.7 Å². The molecule has 0 aliphatic heterocycles. The minimum Gasteiger partial charge on any atom is -0.497 e. The van der Waals surface area contributed by atoms with Crippen LogP contribution >= 0.6 is 11.3 Å². The highest BCUT2D eigenvalue weighted by Crippen LogP contribution is 2.37. The number of aromatic nitrogens is 4. The monoisotopic (exact) mass is 449 g/mol. The SMILES string of the molecule is COc1cccc(CN(Cc2ccco2)C(c2cccs2)c2nnnn2C2CCCC2)c1. The van der Waals surface area contributed by atoms with Crippen LogP contribution in [0.5, 0.6) is 5.75 Å². The van der Waals surface area contributed by atoms with Crippen LogP contribution in [0.15, 0.2) is 64.6 Å². The van der Waals surface area contributed by atoms with Crippen molar-refractivity contribution in [1.82, 2.24) is 25.1 Å². The number of nitrogens with zero attached hydrogens (tertiary/aromatic N) is 5. The molecule has 1 atom stereocenters. The van der Waals surface area contributed by atoms with Crippen LogP contribution in [0.4, 0.5) is 0 Å². The van der Waals surface area contributed by atoms with Gasteiger partial charge in [0.25, 0.3) is 0 Å². The van der Waals surface area contributed by atoms with E-state index in [0.29, 0.717) is 19.1 Å². The second kappa shape index (κ2) is 9.67. The summed E-state index contributed by atoms with van der Waals surface area (Å²) in [5.74, 6) is 2.66. The summed E-state index contributed by atoms with van der Waals surface area (Å²) in [5.41, 5.74) is 1.16. The summed E-state index contributed by atoms with van der Waals surface area (Å²) in [6.07, 6.45) is 6.44. The van der Waals surface area contributed by atoms with Crippen LogP contribution < -0.4 is 4.74 Å². The smallest absolute Gasteiger partial charge is 0.174 e. The number of thiophene rings is 1. The summed E-state index contributed by atoms with van der Waals surface area (Å²) in [7, 11) is 1.70. The van der Waals surface area contributed by atoms with Crippen molar-refractivity contribution in [2.24, 2.45) is 0 Å². The third kappa shape index (κ3) is 4.47. The molecule has 1 aliphatic rings. The molecule has 0 spiro atoms. The van der Waals surface area contributed by atoms with E-state index in [1.807, 2.05) is 24.3 Å². The Hall–Kier alpha value is -2.97. The van der Waals surface area contributed by atoms with Crippen LogP contribution in [0.2, 0.25) is 0 Å². The van der Waals surface area contributed by atoms with Gasteiger partial charge in [0.2, 0.25) is 0 Å². The quantitative estimate of drug-likeness (QED) is 0.348. The van der Waals surface area contributed by atoms with Gasteiger partial charge in [0.15, 0.2) is 5.82 Å². The van der Waals surface area contributed by atoms with Crippen molar-refractivity contribution in [3.05, 3.63) is 82.2 Å². The molecule has 0 amide bonds. The lowest BCUT2D eigenvalue weighted by Crippen LogP contribution is -2.31. The number of ether oxygens (including phenoxy) is 1. The number of furan rings is 1. The maximum absolute atomic E-state index is 5.74. The molecule has 3 aromatic heterocycles. The van der Waals surface area contributed by atoms with Crippen molar-refractivity contribution in [3.63, 3.8) is 0 Å². The Bertz CT molecular complexity index is 1100. The summed E-state index contributed by atoms with van der Waals surface area (Å²) in [4.78, 5) is 3.60. The molecule has 166 valence electrons. The maximum atomic E-state index is 5.74. The second-order valence-electron chi connectivity index (χ2n) is 8.17. The zero-order chi connectivity index (χ0) is 21.8. The first-order chi connectivity index (χ1) is 15.8. The predicted molar refractivity (Wildman–Crippen MR) is 122 cm³/mol. The van der Waals surface area contributed by atoms with Gasteiger partial charge in [0.05, 0.1) is 26.0 Å². The van der Waals surface area contributed by atoms with Crippen LogP contribution in [-0.4, -0.2) is 32.2 Å². The molecule has 4 aromatic rings. The van der Waals surface area contributed by atoms with Crippen LogP contribution in [0.1, 0.15) is 59.8 Å². The molecule has 0 saturated heterocycles. The first-order valence-electron chi connectivity index (χ1n) is 11.0. The van der Waals surface area contributed by atoms with Crippen LogP contribution in [-0.2, 0) is 13.1 Å². The minimum absolute atomic E-state index is 0.0816. The summed E-state index contributed by atoms with van der Waals surface area (Å²) in [6.45, 7) is 1.35. The van der Waals surface area contributed by atoms with Crippen LogP contribution in [0.25, 0.3) is 0 Å². The molecule has 3 heterocycles. The number of tetrazole rings is 1. The fourth-order valence-electron chi connectivity index (χ4n) is 4.55. The van der Waals surface area contributed by atoms with Crippen molar-refractivity contribution < 1.29 is 9.15 Å². The average Bonchev–Trinajstić information content (AvgIpc) is 3.62. The largest absolute Gasteiger partial charge is 0.497 e. The summed E-state index contributed by atoms with van der Waals surface area (Å²) in [5, 5.41) is 15.2. The number of hydrogen-bond donors (Lipinski definition) is 0. The second-order valence-corrected chi connectivity index (χ2v) is 9.15. The molecule has 0 N–H and O–H groups in total. The van der Waals surface area contributed by atoms with Gasteiger partial charge in [0.1, 0.15) is 17.6 Å². The summed E-state index contributed by atoms with van der Waals surface area (Å²) >= 11 is 1.73. The Labute approximate surface area is 191 Å². The molecule has 1 aliphatic carbocycles. The first-order valence-corrected chi connectivity index (χ1v) is 11.9. The Kier molecular flexibility index (Phi) is 6.31. The lowest BCUT2D eigenvalue weighted by Gasteiger charge is -2.30. The van der Waals surface area contributed by atoms with Gasteiger partial charge in [-0.1, -0.05) is 31.0 Å². The standard InChI is InChI=1S/C24H27N5O2S/c1-30-20-10-4-7-18(15-20)16-28(17-21-11-5-13-31-21)23(22-12-6-14-32-22)24-25-26-27-29(24)19-8-2-3-9-19/h4-7,10-15,19,23H,2-3,8-9,16-17H2,1H3. The van der Waals surface area contributed by atoms with E-state index in [9.17, 15) is 0 Å². The molecule has 0 bridgehead atoms. The van der Waals surface area contributed by atoms with E-state index >= 15 is 0 Å². The Morgan fingerprint density at radius 1 is 1.16 bits per heavy atom. The number of rotatable bonds is 9. The van der Waals surface area contributed by atoms with Gasteiger partial charge in [-0.2, -0.15) is 0 Å². The highest BCUT2D eigenvalue weighted by molar-refractivity contribution is 7.10. The molecular formula is C24H27N5O2S. The first kappa shape index (κ1) is 20.9. The van der Waals surface area contributed by atoms with Crippen molar-refractivity contribution in [2.75, 3.05) is 7.11 Å². The van der Waals surface area contributed by atoms with Gasteiger partial charge in [-0.3, -0.25) is 4.90 Å². The van der Waals surface area contributed by atoms with Crippen LogP contribution in [0, 0.1) is 0 Å². The Balaban J connectivity index is 1.55. The van der Waals surface area contributed by atoms with Crippen molar-refractivity contribution in [2.45, 2.75) is 50.9 Å². The highest BCUT2D eigenvalue weighted by atomic mass is 32.1. The lowest BCUT2D eigenvalue weighted by atomic mass is 10.1. The normalized spacial score (nSPS) is 15.4. The lowest BCUT2D eigenvalue weighted by molar-refractivity contribution is 0.179.